The third-order valence-electron chi connectivity index (χ3n) is 0.739. The van der Waals surface area contributed by atoms with E-state index in [1.54, 1.807) is 13.6 Å². The Bertz CT molecular complexity index is 108. The van der Waals surface area contributed by atoms with Crippen LogP contribution in [0.5, 0.6) is 0 Å². The smallest absolute Gasteiger partial charge is 0.297 e. The molecule has 1 aliphatic rings. The van der Waals surface area contributed by atoms with E-state index in [-0.39, 0.29) is 0 Å². The van der Waals surface area contributed by atoms with Gasteiger partial charge in [0.1, 0.15) is 0 Å². The molecule has 0 bridgehead atoms. The highest BCUT2D eigenvalue weighted by Crippen LogP contribution is 1.86. The van der Waals surface area contributed by atoms with Gasteiger partial charge in [-0.1, -0.05) is 12.1 Å². The van der Waals surface area contributed by atoms with E-state index in [1.165, 1.54) is 4.92 Å². The lowest BCUT2D eigenvalue weighted by molar-refractivity contribution is 0.636. The maximum atomic E-state index is 5.27. The van der Waals surface area contributed by atoms with Crippen molar-refractivity contribution in [1.82, 2.24) is 4.92 Å². The van der Waals surface area contributed by atoms with Crippen LogP contribution in [-0.2, 0) is 0 Å². The summed E-state index contributed by atoms with van der Waals surface area (Å²) in [4.78, 5) is 1.50. The second-order valence-electron chi connectivity index (χ2n) is 1.32. The van der Waals surface area contributed by atoms with Gasteiger partial charge in [-0.2, -0.15) is 0 Å². The van der Waals surface area contributed by atoms with Crippen LogP contribution in [0.4, 0.5) is 0 Å². The Labute approximate surface area is 43.5 Å². The third kappa shape index (κ3) is 1.09. The van der Waals surface area contributed by atoms with Crippen LogP contribution in [0, 0.1) is 0 Å². The summed E-state index contributed by atoms with van der Waals surface area (Å²) in [7, 11) is 1.78. The van der Waals surface area contributed by atoms with Gasteiger partial charge in [0.05, 0.1) is 0 Å². The Morgan fingerprint density at radius 3 is 2.57 bits per heavy atom. The van der Waals surface area contributed by atoms with Crippen molar-refractivity contribution in [2.45, 2.75) is 0 Å². The summed E-state index contributed by atoms with van der Waals surface area (Å²) < 4.78 is 0. The summed E-state index contributed by atoms with van der Waals surface area (Å²) in [5.41, 5.74) is 0. The fourth-order valence-corrected chi connectivity index (χ4v) is 0.412. The Hall–Kier alpha value is -0.695. The van der Waals surface area contributed by atoms with Crippen molar-refractivity contribution in [2.75, 3.05) is 0 Å². The molecular weight excluding hydrogens is 86.9 g/mol. The molecule has 0 amide bonds. The van der Waals surface area contributed by atoms with Gasteiger partial charge in [-0.25, -0.2) is 0 Å². The Morgan fingerprint density at radius 2 is 2.29 bits per heavy atom. The number of rotatable bonds is 0. The molecule has 0 atom stereocenters. The molecule has 0 saturated heterocycles. The molecule has 0 unspecified atom stereocenters. The molecule has 1 rings (SSSR count). The first kappa shape index (κ1) is 4.46. The first-order valence-electron chi connectivity index (χ1n) is 2.11. The van der Waals surface area contributed by atoms with Crippen molar-refractivity contribution < 1.29 is 0 Å². The highest BCUT2D eigenvalue weighted by Gasteiger charge is 1.91. The van der Waals surface area contributed by atoms with E-state index in [0.29, 0.717) is 0 Å². The summed E-state index contributed by atoms with van der Waals surface area (Å²) >= 11 is 0. The van der Waals surface area contributed by atoms with E-state index in [1.807, 2.05) is 18.1 Å². The van der Waals surface area contributed by atoms with Crippen LogP contribution in [0.25, 0.3) is 0 Å². The summed E-state index contributed by atoms with van der Waals surface area (Å²) in [6, 6.07) is 0. The Kier molecular flexibility index (Phi) is 1.17. The normalized spacial score (nSPS) is 17.0. The minimum absolute atomic E-state index is 1.50. The highest BCUT2D eigenvalue weighted by molar-refractivity contribution is 6.39. The molecule has 7 heavy (non-hydrogen) atoms. The number of hydrazine groups is 1. The molecule has 2 nitrogen and oxygen atoms in total. The molecule has 0 aromatic carbocycles. The van der Waals surface area contributed by atoms with E-state index < -0.39 is 0 Å². The molecule has 0 aliphatic carbocycles. The van der Waals surface area contributed by atoms with Crippen molar-refractivity contribution in [3.8, 4) is 0 Å². The minimum atomic E-state index is 1.50. The van der Waals surface area contributed by atoms with Crippen LogP contribution >= 0.6 is 0 Å². The maximum absolute atomic E-state index is 5.27. The Morgan fingerprint density at radius 1 is 1.43 bits per heavy atom. The first-order chi connectivity index (χ1) is 3.39. The molecule has 3 heteroatoms. The molecule has 0 aromatic rings. The van der Waals surface area contributed by atoms with Gasteiger partial charge in [-0.15, -0.1) is 0 Å². The van der Waals surface area contributed by atoms with E-state index in [0.717, 1.165) is 0 Å². The third-order valence-corrected chi connectivity index (χ3v) is 0.739. The summed E-state index contributed by atoms with van der Waals surface area (Å²) in [6.07, 6.45) is 5.57. The Balaban J connectivity index is 2.49. The van der Waals surface area contributed by atoms with Gasteiger partial charge in [-0.3, -0.25) is 5.84 Å². The van der Waals surface area contributed by atoms with Gasteiger partial charge in [0.15, 0.2) is 0 Å². The molecule has 0 saturated carbocycles. The lowest BCUT2D eigenvalue weighted by Gasteiger charge is -2.09. The van der Waals surface area contributed by atoms with Gasteiger partial charge in [0, 0.05) is 6.20 Å². The number of allylic oxidation sites excluding steroid dienone is 2. The van der Waals surface area contributed by atoms with Crippen molar-refractivity contribution in [3.63, 3.8) is 0 Å². The molecule has 2 N–H and O–H groups in total. The summed E-state index contributed by atoms with van der Waals surface area (Å²) in [5, 5.41) is 0. The zero-order valence-electron chi connectivity index (χ0n) is 3.91. The monoisotopic (exact) mass is 93.1 g/mol. The van der Waals surface area contributed by atoms with Gasteiger partial charge in [-0.05, 0) is 6.08 Å². The van der Waals surface area contributed by atoms with Crippen LogP contribution in [0.2, 0.25) is 0 Å². The topological polar surface area (TPSA) is 29.3 Å². The minimum Gasteiger partial charge on any atom is -0.362 e. The molecule has 0 spiro atoms. The van der Waals surface area contributed by atoms with E-state index in [9.17, 15) is 0 Å². The standard InChI is InChI=1S/C4H6BN2/c6-7-4-2-1-3-5-7/h1-4H,6H2. The quantitative estimate of drug-likeness (QED) is 0.332. The molecule has 1 aliphatic heterocycles. The van der Waals surface area contributed by atoms with Crippen molar-refractivity contribution in [3.05, 3.63) is 24.3 Å². The number of hydrogen-bond acceptors (Lipinski definition) is 2. The van der Waals surface area contributed by atoms with Crippen LogP contribution < -0.4 is 5.84 Å². The van der Waals surface area contributed by atoms with Crippen LogP contribution in [0.15, 0.2) is 24.3 Å². The van der Waals surface area contributed by atoms with Crippen molar-refractivity contribution in [2.24, 2.45) is 5.84 Å². The van der Waals surface area contributed by atoms with Gasteiger partial charge in [0.2, 0.25) is 0 Å². The number of hydrogen-bond donors (Lipinski definition) is 1. The van der Waals surface area contributed by atoms with Gasteiger partial charge >= 0.3 is 0 Å². The number of nitrogens with two attached hydrogens (primary N) is 1. The van der Waals surface area contributed by atoms with E-state index in [4.69, 9.17) is 5.84 Å². The van der Waals surface area contributed by atoms with Crippen molar-refractivity contribution >= 4 is 7.41 Å². The largest absolute Gasteiger partial charge is 0.362 e. The summed E-state index contributed by atoms with van der Waals surface area (Å²) in [5.74, 6) is 7.15. The van der Waals surface area contributed by atoms with E-state index in [2.05, 4.69) is 0 Å². The highest BCUT2D eigenvalue weighted by atomic mass is 15.3. The summed E-state index contributed by atoms with van der Waals surface area (Å²) in [6.45, 7) is 0. The van der Waals surface area contributed by atoms with Crippen LogP contribution in [0.3, 0.4) is 0 Å². The van der Waals surface area contributed by atoms with Crippen LogP contribution in [-0.4, -0.2) is 12.3 Å². The zero-order chi connectivity index (χ0) is 5.11. The lowest BCUT2D eigenvalue weighted by Crippen LogP contribution is -2.28. The molecule has 35 valence electrons. The molecular formula is C4H6BN2. The molecule has 1 heterocycles. The molecule has 1 radical (unpaired) electrons. The average Bonchev–Trinajstić information content (AvgIpc) is 1.69. The fraction of sp³-hybridized carbons (Fsp3) is 0. The van der Waals surface area contributed by atoms with Crippen molar-refractivity contribution in [1.29, 1.82) is 0 Å². The van der Waals surface area contributed by atoms with Gasteiger partial charge < -0.3 is 4.92 Å². The first-order valence-corrected chi connectivity index (χ1v) is 2.11. The SMILES string of the molecule is NN1[B]C=CC=C1. The molecule has 0 aromatic heterocycles. The zero-order valence-corrected chi connectivity index (χ0v) is 3.91. The predicted molar refractivity (Wildman–Crippen MR) is 30.1 cm³/mol. The number of nitrogens with zero attached hydrogens (tertiary/aromatic N) is 1. The van der Waals surface area contributed by atoms with Crippen LogP contribution in [0.1, 0.15) is 0 Å². The average molecular weight is 92.9 g/mol. The second-order valence-corrected chi connectivity index (χ2v) is 1.32. The fourth-order valence-electron chi connectivity index (χ4n) is 0.412. The maximum Gasteiger partial charge on any atom is 0.297 e. The van der Waals surface area contributed by atoms with E-state index >= 15 is 0 Å². The van der Waals surface area contributed by atoms with Gasteiger partial charge in [0.25, 0.3) is 7.41 Å². The lowest BCUT2D eigenvalue weighted by atomic mass is 9.92. The molecule has 0 fully saturated rings. The predicted octanol–water partition coefficient (Wildman–Crippen LogP) is -0.178. The second kappa shape index (κ2) is 1.84.